The predicted molar refractivity (Wildman–Crippen MR) is 104 cm³/mol. The Hall–Kier alpha value is -1.85. The first-order valence-electron chi connectivity index (χ1n) is 8.33. The van der Waals surface area contributed by atoms with E-state index in [9.17, 15) is 21.6 Å². The average molecular weight is 428 g/mol. The summed E-state index contributed by atoms with van der Waals surface area (Å²) in [7, 11) is -6.66. The number of amidine groups is 1. The Morgan fingerprint density at radius 2 is 1.89 bits per heavy atom. The van der Waals surface area contributed by atoms with E-state index in [-0.39, 0.29) is 29.0 Å². The molecule has 11 heteroatoms. The summed E-state index contributed by atoms with van der Waals surface area (Å²) >= 11 is 1.01. The Bertz CT molecular complexity index is 1060. The van der Waals surface area contributed by atoms with Crippen LogP contribution in [0.5, 0.6) is 0 Å². The summed E-state index contributed by atoms with van der Waals surface area (Å²) in [5, 5.41) is 3.03. The topological polar surface area (TPSA) is 113 Å². The molecular formula is C16H17N3O5S3. The van der Waals surface area contributed by atoms with Gasteiger partial charge >= 0.3 is 0 Å². The Morgan fingerprint density at radius 1 is 1.15 bits per heavy atom. The fourth-order valence-electron chi connectivity index (χ4n) is 3.26. The molecule has 8 nitrogen and oxygen atoms in total. The summed E-state index contributed by atoms with van der Waals surface area (Å²) in [6.07, 6.45) is 0.381. The molecule has 1 N–H and O–H groups in total. The van der Waals surface area contributed by atoms with Crippen molar-refractivity contribution in [3.8, 4) is 0 Å². The second-order valence-corrected chi connectivity index (χ2v) is 11.5. The molecule has 0 saturated carbocycles. The van der Waals surface area contributed by atoms with E-state index in [0.717, 1.165) is 17.3 Å². The predicted octanol–water partition coefficient (Wildman–Crippen LogP) is 0.407. The zero-order valence-electron chi connectivity index (χ0n) is 14.2. The monoisotopic (exact) mass is 427 g/mol. The Kier molecular flexibility index (Phi) is 4.55. The maximum Gasteiger partial charge on any atom is 0.260 e. The first-order chi connectivity index (χ1) is 12.7. The van der Waals surface area contributed by atoms with Crippen LogP contribution in [0, 0.1) is 0 Å². The third-order valence-corrected chi connectivity index (χ3v) is 8.63. The molecule has 0 aliphatic carbocycles. The lowest BCUT2D eigenvalue weighted by Gasteiger charge is -2.25. The highest BCUT2D eigenvalue weighted by atomic mass is 32.2. The SMILES string of the molecule is O=C(N[C@H]1CCS(=O)(=O)C1)C1=C(c2ccccc2)N2CCS(=O)(=O)N=C2S1. The number of fused-ring (bicyclic) bond motifs is 1. The summed E-state index contributed by atoms with van der Waals surface area (Å²) in [6.45, 7) is 0.215. The van der Waals surface area contributed by atoms with Crippen molar-refractivity contribution in [1.82, 2.24) is 10.2 Å². The van der Waals surface area contributed by atoms with Crippen LogP contribution in [0.25, 0.3) is 5.70 Å². The zero-order chi connectivity index (χ0) is 19.2. The van der Waals surface area contributed by atoms with E-state index >= 15 is 0 Å². The van der Waals surface area contributed by atoms with Crippen LogP contribution in [-0.2, 0) is 24.7 Å². The fourth-order valence-corrected chi connectivity index (χ4v) is 7.21. The van der Waals surface area contributed by atoms with Gasteiger partial charge < -0.3 is 10.2 Å². The van der Waals surface area contributed by atoms with Gasteiger partial charge in [-0.05, 0) is 23.7 Å². The third kappa shape index (κ3) is 3.76. The highest BCUT2D eigenvalue weighted by Crippen LogP contribution is 2.41. The number of sulfonamides is 1. The van der Waals surface area contributed by atoms with Crippen LogP contribution in [0.2, 0.25) is 0 Å². The van der Waals surface area contributed by atoms with Crippen LogP contribution in [0.15, 0.2) is 39.6 Å². The Morgan fingerprint density at radius 3 is 2.56 bits per heavy atom. The highest BCUT2D eigenvalue weighted by Gasteiger charge is 2.39. The van der Waals surface area contributed by atoms with Crippen LogP contribution >= 0.6 is 11.8 Å². The van der Waals surface area contributed by atoms with Crippen LogP contribution in [0.1, 0.15) is 12.0 Å². The molecule has 3 aliphatic heterocycles. The van der Waals surface area contributed by atoms with Gasteiger partial charge in [0.15, 0.2) is 15.0 Å². The van der Waals surface area contributed by atoms with Crippen molar-refractivity contribution in [3.05, 3.63) is 40.8 Å². The normalized spacial score (nSPS) is 25.9. The molecule has 3 aliphatic rings. The van der Waals surface area contributed by atoms with Crippen molar-refractivity contribution in [3.63, 3.8) is 0 Å². The summed E-state index contributed by atoms with van der Waals surface area (Å²) < 4.78 is 50.8. The minimum Gasteiger partial charge on any atom is -0.348 e. The Labute approximate surface area is 161 Å². The number of thioether (sulfide) groups is 1. The van der Waals surface area contributed by atoms with Gasteiger partial charge in [-0.2, -0.15) is 0 Å². The lowest BCUT2D eigenvalue weighted by Crippen LogP contribution is -2.36. The first kappa shape index (κ1) is 18.5. The number of benzene rings is 1. The molecule has 4 rings (SSSR count). The number of rotatable bonds is 3. The van der Waals surface area contributed by atoms with Crippen molar-refractivity contribution in [2.24, 2.45) is 4.40 Å². The number of carbonyl (C=O) groups is 1. The van der Waals surface area contributed by atoms with E-state index in [1.54, 1.807) is 4.90 Å². The minimum absolute atomic E-state index is 0.0623. The Balaban J connectivity index is 1.70. The van der Waals surface area contributed by atoms with Crippen LogP contribution in [0.3, 0.4) is 0 Å². The molecule has 0 aromatic heterocycles. The molecule has 27 heavy (non-hydrogen) atoms. The van der Waals surface area contributed by atoms with Crippen molar-refractivity contribution >= 4 is 48.4 Å². The van der Waals surface area contributed by atoms with Crippen LogP contribution in [0.4, 0.5) is 0 Å². The number of hydrogen-bond donors (Lipinski definition) is 1. The zero-order valence-corrected chi connectivity index (χ0v) is 16.6. The van der Waals surface area contributed by atoms with Gasteiger partial charge in [0, 0.05) is 12.6 Å². The van der Waals surface area contributed by atoms with Crippen molar-refractivity contribution < 1.29 is 21.6 Å². The molecule has 1 amide bonds. The van der Waals surface area contributed by atoms with Gasteiger partial charge in [-0.25, -0.2) is 16.8 Å². The van der Waals surface area contributed by atoms with E-state index < -0.39 is 31.8 Å². The van der Waals surface area contributed by atoms with Crippen molar-refractivity contribution in [1.29, 1.82) is 0 Å². The van der Waals surface area contributed by atoms with Gasteiger partial charge in [-0.1, -0.05) is 30.3 Å². The van der Waals surface area contributed by atoms with Gasteiger partial charge in [0.25, 0.3) is 15.9 Å². The molecule has 1 fully saturated rings. The molecule has 0 radical (unpaired) electrons. The van der Waals surface area contributed by atoms with Crippen molar-refractivity contribution in [2.45, 2.75) is 12.5 Å². The van der Waals surface area contributed by atoms with Gasteiger partial charge in [0.1, 0.15) is 4.91 Å². The summed E-state index contributed by atoms with van der Waals surface area (Å²) in [4.78, 5) is 15.0. The molecule has 1 saturated heterocycles. The molecule has 3 heterocycles. The molecule has 1 aromatic rings. The number of nitrogens with one attached hydrogen (secondary N) is 1. The second kappa shape index (κ2) is 6.64. The molecule has 1 atom stereocenters. The highest BCUT2D eigenvalue weighted by molar-refractivity contribution is 8.19. The molecule has 144 valence electrons. The second-order valence-electron chi connectivity index (χ2n) is 6.53. The van der Waals surface area contributed by atoms with Gasteiger partial charge in [0.05, 0.1) is 23.0 Å². The number of carbonyl (C=O) groups excluding carboxylic acids is 1. The fraction of sp³-hybridized carbons (Fsp3) is 0.375. The standard InChI is InChI=1S/C16H17N3O5S3/c20-15(17-12-6-8-26(21,22)10-12)14-13(11-4-2-1-3-5-11)19-7-9-27(23,24)18-16(19)25-14/h1-5,12H,6-10H2,(H,17,20)/t12-/m0/s1. The summed E-state index contributed by atoms with van der Waals surface area (Å²) in [5.41, 5.74) is 1.38. The van der Waals surface area contributed by atoms with E-state index in [0.29, 0.717) is 17.0 Å². The number of nitrogens with zero attached hydrogens (tertiary/aromatic N) is 2. The van der Waals surface area contributed by atoms with E-state index in [4.69, 9.17) is 0 Å². The van der Waals surface area contributed by atoms with Gasteiger partial charge in [-0.15, -0.1) is 4.40 Å². The van der Waals surface area contributed by atoms with E-state index in [2.05, 4.69) is 9.71 Å². The van der Waals surface area contributed by atoms with Gasteiger partial charge in [0.2, 0.25) is 0 Å². The molecule has 1 aromatic carbocycles. The number of hydrogen-bond acceptors (Lipinski definition) is 7. The van der Waals surface area contributed by atoms with Crippen LogP contribution < -0.4 is 5.32 Å². The summed E-state index contributed by atoms with van der Waals surface area (Å²) in [5.74, 6) is -0.540. The molecule has 0 unspecified atom stereocenters. The lowest BCUT2D eigenvalue weighted by atomic mass is 10.1. The average Bonchev–Trinajstić information content (AvgIpc) is 3.14. The maximum absolute atomic E-state index is 12.9. The minimum atomic E-state index is -3.54. The molecule has 0 spiro atoms. The van der Waals surface area contributed by atoms with Crippen molar-refractivity contribution in [2.75, 3.05) is 23.8 Å². The van der Waals surface area contributed by atoms with E-state index in [1.807, 2.05) is 30.3 Å². The maximum atomic E-state index is 12.9. The first-order valence-corrected chi connectivity index (χ1v) is 12.6. The summed E-state index contributed by atoms with van der Waals surface area (Å²) in [6, 6.07) is 8.77. The van der Waals surface area contributed by atoms with E-state index in [1.165, 1.54) is 0 Å². The number of sulfone groups is 1. The quantitative estimate of drug-likeness (QED) is 0.743. The molecule has 0 bridgehead atoms. The molecular weight excluding hydrogens is 410 g/mol. The lowest BCUT2D eigenvalue weighted by molar-refractivity contribution is -0.117. The third-order valence-electron chi connectivity index (χ3n) is 4.52. The largest absolute Gasteiger partial charge is 0.348 e. The number of amides is 1. The van der Waals surface area contributed by atoms with Gasteiger partial charge in [-0.3, -0.25) is 4.79 Å². The smallest absolute Gasteiger partial charge is 0.260 e. The van der Waals surface area contributed by atoms with Crippen LogP contribution in [-0.4, -0.2) is 62.7 Å².